The minimum Gasteiger partial charge on any atom is -0.478 e. The second-order valence-electron chi connectivity index (χ2n) is 3.77. The van der Waals surface area contributed by atoms with Gasteiger partial charge in [0.2, 0.25) is 0 Å². The third kappa shape index (κ3) is 2.02. The molecule has 0 aromatic carbocycles. The van der Waals surface area contributed by atoms with E-state index in [2.05, 4.69) is 5.10 Å². The molecule has 2 rings (SSSR count). The van der Waals surface area contributed by atoms with Crippen molar-refractivity contribution >= 4 is 5.97 Å². The molecule has 1 saturated heterocycles. The first-order valence-electron chi connectivity index (χ1n) is 5.06. The van der Waals surface area contributed by atoms with Gasteiger partial charge in [0.05, 0.1) is 18.8 Å². The molecule has 1 N–H and O–H groups in total. The van der Waals surface area contributed by atoms with Crippen molar-refractivity contribution in [2.75, 3.05) is 6.61 Å². The number of ether oxygens (including phenoxy) is 1. The Labute approximate surface area is 87.7 Å². The predicted octanol–water partition coefficient (Wildman–Crippen LogP) is 1.07. The summed E-state index contributed by atoms with van der Waals surface area (Å²) < 4.78 is 7.18. The van der Waals surface area contributed by atoms with E-state index in [9.17, 15) is 4.79 Å². The Morgan fingerprint density at radius 2 is 2.60 bits per heavy atom. The van der Waals surface area contributed by atoms with Crippen molar-refractivity contribution < 1.29 is 14.6 Å². The van der Waals surface area contributed by atoms with E-state index < -0.39 is 5.97 Å². The average molecular weight is 210 g/mol. The number of aromatic nitrogens is 2. The van der Waals surface area contributed by atoms with Crippen LogP contribution in [0.5, 0.6) is 0 Å². The molecule has 1 aromatic rings. The SMILES string of the molecule is Cc1c(C(=O)O)cnn1CC1CCCO1. The Bertz CT molecular complexity index is 367. The zero-order valence-corrected chi connectivity index (χ0v) is 8.64. The first-order valence-corrected chi connectivity index (χ1v) is 5.06. The molecule has 0 bridgehead atoms. The molecular weight excluding hydrogens is 196 g/mol. The van der Waals surface area contributed by atoms with Crippen molar-refractivity contribution in [2.45, 2.75) is 32.4 Å². The number of carbonyl (C=O) groups is 1. The van der Waals surface area contributed by atoms with E-state index in [1.165, 1.54) is 6.20 Å². The van der Waals surface area contributed by atoms with E-state index in [0.29, 0.717) is 12.2 Å². The fourth-order valence-electron chi connectivity index (χ4n) is 1.82. The van der Waals surface area contributed by atoms with Gasteiger partial charge < -0.3 is 9.84 Å². The summed E-state index contributed by atoms with van der Waals surface area (Å²) in [6.45, 7) is 3.22. The van der Waals surface area contributed by atoms with Gasteiger partial charge in [0.25, 0.3) is 0 Å². The van der Waals surface area contributed by atoms with Crippen LogP contribution >= 0.6 is 0 Å². The molecule has 1 atom stereocenters. The van der Waals surface area contributed by atoms with Crippen molar-refractivity contribution in [1.82, 2.24) is 9.78 Å². The van der Waals surface area contributed by atoms with E-state index in [4.69, 9.17) is 9.84 Å². The Hall–Kier alpha value is -1.36. The summed E-state index contributed by atoms with van der Waals surface area (Å²) in [4.78, 5) is 10.8. The molecule has 0 spiro atoms. The van der Waals surface area contributed by atoms with Gasteiger partial charge in [-0.05, 0) is 19.8 Å². The Morgan fingerprint density at radius 3 is 3.13 bits per heavy atom. The lowest BCUT2D eigenvalue weighted by molar-refractivity contribution is 0.0694. The second-order valence-corrected chi connectivity index (χ2v) is 3.77. The highest BCUT2D eigenvalue weighted by Gasteiger charge is 2.19. The summed E-state index contributed by atoms with van der Waals surface area (Å²) >= 11 is 0. The molecule has 1 aliphatic heterocycles. The van der Waals surface area contributed by atoms with Gasteiger partial charge in [-0.25, -0.2) is 4.79 Å². The van der Waals surface area contributed by atoms with Crippen LogP contribution in [0, 0.1) is 6.92 Å². The monoisotopic (exact) mass is 210 g/mol. The number of rotatable bonds is 3. The molecule has 15 heavy (non-hydrogen) atoms. The average Bonchev–Trinajstić information content (AvgIpc) is 2.78. The van der Waals surface area contributed by atoms with Gasteiger partial charge in [-0.1, -0.05) is 0 Å². The highest BCUT2D eigenvalue weighted by atomic mass is 16.5. The largest absolute Gasteiger partial charge is 0.478 e. The minimum absolute atomic E-state index is 0.185. The number of hydrogen-bond acceptors (Lipinski definition) is 3. The molecule has 1 fully saturated rings. The van der Waals surface area contributed by atoms with Crippen molar-refractivity contribution in [3.8, 4) is 0 Å². The highest BCUT2D eigenvalue weighted by Crippen LogP contribution is 2.15. The third-order valence-corrected chi connectivity index (χ3v) is 2.73. The molecule has 5 nitrogen and oxygen atoms in total. The maximum absolute atomic E-state index is 10.8. The molecule has 0 radical (unpaired) electrons. The van der Waals surface area contributed by atoms with Gasteiger partial charge in [0, 0.05) is 12.3 Å². The lowest BCUT2D eigenvalue weighted by Crippen LogP contribution is -2.17. The van der Waals surface area contributed by atoms with Crippen LogP contribution in [-0.4, -0.2) is 33.6 Å². The van der Waals surface area contributed by atoms with Crippen LogP contribution < -0.4 is 0 Å². The topological polar surface area (TPSA) is 64.3 Å². The molecule has 0 amide bonds. The van der Waals surface area contributed by atoms with E-state index in [-0.39, 0.29) is 11.7 Å². The van der Waals surface area contributed by atoms with Crippen LogP contribution in [0.15, 0.2) is 6.20 Å². The quantitative estimate of drug-likeness (QED) is 0.810. The Balaban J connectivity index is 2.11. The zero-order chi connectivity index (χ0) is 10.8. The van der Waals surface area contributed by atoms with Crippen LogP contribution in [0.4, 0.5) is 0 Å². The maximum Gasteiger partial charge on any atom is 0.339 e. The molecular formula is C10H14N2O3. The fraction of sp³-hybridized carbons (Fsp3) is 0.600. The summed E-state index contributed by atoms with van der Waals surface area (Å²) in [5, 5.41) is 12.9. The highest BCUT2D eigenvalue weighted by molar-refractivity contribution is 5.88. The normalized spacial score (nSPS) is 20.7. The summed E-state index contributed by atoms with van der Waals surface area (Å²) in [6.07, 6.45) is 3.69. The lowest BCUT2D eigenvalue weighted by atomic mass is 10.2. The first kappa shape index (κ1) is 10.2. The van der Waals surface area contributed by atoms with Crippen molar-refractivity contribution in [2.24, 2.45) is 0 Å². The van der Waals surface area contributed by atoms with Crippen LogP contribution in [0.25, 0.3) is 0 Å². The van der Waals surface area contributed by atoms with Gasteiger partial charge in [-0.15, -0.1) is 0 Å². The predicted molar refractivity (Wildman–Crippen MR) is 52.9 cm³/mol. The maximum atomic E-state index is 10.8. The zero-order valence-electron chi connectivity index (χ0n) is 8.64. The third-order valence-electron chi connectivity index (χ3n) is 2.73. The molecule has 2 heterocycles. The first-order chi connectivity index (χ1) is 7.18. The molecule has 5 heteroatoms. The van der Waals surface area contributed by atoms with Gasteiger partial charge >= 0.3 is 5.97 Å². The number of carboxylic acids is 1. The van der Waals surface area contributed by atoms with E-state index >= 15 is 0 Å². The Kier molecular flexibility index (Phi) is 2.73. The molecule has 1 unspecified atom stereocenters. The molecule has 82 valence electrons. The van der Waals surface area contributed by atoms with Crippen LogP contribution in [-0.2, 0) is 11.3 Å². The molecule has 1 aliphatic rings. The summed E-state index contributed by atoms with van der Waals surface area (Å²) in [6, 6.07) is 0. The summed E-state index contributed by atoms with van der Waals surface area (Å²) in [5.41, 5.74) is 0.964. The standard InChI is InChI=1S/C10H14N2O3/c1-7-9(10(13)14)5-11-12(7)6-8-3-2-4-15-8/h5,8H,2-4,6H2,1H3,(H,13,14). The molecule has 0 aliphatic carbocycles. The van der Waals surface area contributed by atoms with Gasteiger partial charge in [-0.2, -0.15) is 5.10 Å². The van der Waals surface area contributed by atoms with Crippen molar-refractivity contribution in [1.29, 1.82) is 0 Å². The van der Waals surface area contributed by atoms with Gasteiger partial charge in [0.1, 0.15) is 5.56 Å². The van der Waals surface area contributed by atoms with Gasteiger partial charge in [0.15, 0.2) is 0 Å². The lowest BCUT2D eigenvalue weighted by Gasteiger charge is -2.10. The van der Waals surface area contributed by atoms with E-state index in [0.717, 1.165) is 19.4 Å². The summed E-state index contributed by atoms with van der Waals surface area (Å²) in [7, 11) is 0. The number of hydrogen-bond donors (Lipinski definition) is 1. The minimum atomic E-state index is -0.925. The molecule has 1 aromatic heterocycles. The van der Waals surface area contributed by atoms with E-state index in [1.807, 2.05) is 0 Å². The van der Waals surface area contributed by atoms with Crippen LogP contribution in [0.3, 0.4) is 0 Å². The number of aromatic carboxylic acids is 1. The number of nitrogens with zero attached hydrogens (tertiary/aromatic N) is 2. The second kappa shape index (κ2) is 4.02. The number of carboxylic acid groups (broad SMARTS) is 1. The van der Waals surface area contributed by atoms with Crippen molar-refractivity contribution in [3.63, 3.8) is 0 Å². The van der Waals surface area contributed by atoms with Gasteiger partial charge in [-0.3, -0.25) is 4.68 Å². The van der Waals surface area contributed by atoms with Crippen LogP contribution in [0.2, 0.25) is 0 Å². The van der Waals surface area contributed by atoms with E-state index in [1.54, 1.807) is 11.6 Å². The Morgan fingerprint density at radius 1 is 1.80 bits per heavy atom. The van der Waals surface area contributed by atoms with Crippen molar-refractivity contribution in [3.05, 3.63) is 17.5 Å². The van der Waals surface area contributed by atoms with Crippen LogP contribution in [0.1, 0.15) is 28.9 Å². The fourth-order valence-corrected chi connectivity index (χ4v) is 1.82. The molecule has 0 saturated carbocycles. The smallest absolute Gasteiger partial charge is 0.339 e. The summed E-state index contributed by atoms with van der Waals surface area (Å²) in [5.74, 6) is -0.925.